The van der Waals surface area contributed by atoms with E-state index < -0.39 is 21.7 Å². The maximum atomic E-state index is 13.0. The molecule has 1 aromatic heterocycles. The minimum Gasteiger partial charge on any atom is -0.322 e. The van der Waals surface area contributed by atoms with Gasteiger partial charge < -0.3 is 10.6 Å². The van der Waals surface area contributed by atoms with E-state index in [1.807, 2.05) is 5.38 Å². The van der Waals surface area contributed by atoms with E-state index in [0.717, 1.165) is 12.1 Å². The van der Waals surface area contributed by atoms with Crippen LogP contribution in [0.2, 0.25) is 0 Å². The number of carbonyl (C=O) groups excluding carboxylic acids is 2. The lowest BCUT2D eigenvalue weighted by atomic mass is 10.2. The van der Waals surface area contributed by atoms with Crippen LogP contribution in [0.4, 0.5) is 21.5 Å². The van der Waals surface area contributed by atoms with E-state index in [0.29, 0.717) is 16.3 Å². The normalized spacial score (nSPS) is 11.0. The molecule has 172 valence electrons. The zero-order chi connectivity index (χ0) is 24.1. The third kappa shape index (κ3) is 5.66. The number of amides is 2. The monoisotopic (exact) mass is 495 g/mol. The number of rotatable bonds is 7. The number of nitrogens with one attached hydrogen (secondary N) is 3. The lowest BCUT2D eigenvalue weighted by molar-refractivity contribution is 0.102. The molecule has 0 aliphatic carbocycles. The van der Waals surface area contributed by atoms with E-state index in [9.17, 15) is 22.4 Å². The number of thiophene rings is 1. The van der Waals surface area contributed by atoms with Gasteiger partial charge in [-0.3, -0.25) is 14.3 Å². The van der Waals surface area contributed by atoms with Gasteiger partial charge in [0.05, 0.1) is 9.77 Å². The molecule has 0 aliphatic rings. The van der Waals surface area contributed by atoms with Crippen molar-refractivity contribution < 1.29 is 22.4 Å². The van der Waals surface area contributed by atoms with Crippen LogP contribution >= 0.6 is 11.3 Å². The van der Waals surface area contributed by atoms with Gasteiger partial charge in [0.25, 0.3) is 21.8 Å². The van der Waals surface area contributed by atoms with Crippen LogP contribution in [-0.4, -0.2) is 20.2 Å². The fourth-order valence-corrected chi connectivity index (χ4v) is 4.64. The first kappa shape index (κ1) is 23.1. The predicted octanol–water partition coefficient (Wildman–Crippen LogP) is 5.19. The van der Waals surface area contributed by atoms with E-state index in [1.165, 1.54) is 47.7 Å². The Morgan fingerprint density at radius 2 is 1.26 bits per heavy atom. The Morgan fingerprint density at radius 1 is 0.706 bits per heavy atom. The molecule has 10 heteroatoms. The highest BCUT2D eigenvalue weighted by molar-refractivity contribution is 7.92. The van der Waals surface area contributed by atoms with Crippen LogP contribution in [0.25, 0.3) is 0 Å². The summed E-state index contributed by atoms with van der Waals surface area (Å²) in [5.74, 6) is -1.11. The Kier molecular flexibility index (Phi) is 6.71. The molecular formula is C24H18FN3O4S2. The van der Waals surface area contributed by atoms with E-state index in [4.69, 9.17) is 0 Å². The number of sulfonamides is 1. The van der Waals surface area contributed by atoms with Gasteiger partial charge in [0.15, 0.2) is 0 Å². The van der Waals surface area contributed by atoms with Gasteiger partial charge in [0.1, 0.15) is 5.82 Å². The van der Waals surface area contributed by atoms with Crippen LogP contribution in [0.5, 0.6) is 0 Å². The molecular weight excluding hydrogens is 477 g/mol. The van der Waals surface area contributed by atoms with Crippen molar-refractivity contribution in [3.05, 3.63) is 107 Å². The Bertz CT molecular complexity index is 1400. The van der Waals surface area contributed by atoms with Gasteiger partial charge in [-0.1, -0.05) is 6.07 Å². The third-order valence-electron chi connectivity index (χ3n) is 4.67. The van der Waals surface area contributed by atoms with E-state index in [2.05, 4.69) is 15.4 Å². The number of carbonyl (C=O) groups is 2. The molecule has 0 bridgehead atoms. The lowest BCUT2D eigenvalue weighted by Gasteiger charge is -2.10. The molecule has 0 aliphatic heterocycles. The van der Waals surface area contributed by atoms with Crippen molar-refractivity contribution >= 4 is 50.2 Å². The molecule has 1 heterocycles. The van der Waals surface area contributed by atoms with Gasteiger partial charge in [0, 0.05) is 22.6 Å². The van der Waals surface area contributed by atoms with Crippen LogP contribution in [0.1, 0.15) is 20.0 Å². The number of anilines is 3. The summed E-state index contributed by atoms with van der Waals surface area (Å²) in [5.41, 5.74) is 1.57. The summed E-state index contributed by atoms with van der Waals surface area (Å²) in [6.45, 7) is 0. The van der Waals surface area contributed by atoms with Crippen molar-refractivity contribution in [3.8, 4) is 0 Å². The Morgan fingerprint density at radius 3 is 1.82 bits per heavy atom. The number of hydrogen-bond acceptors (Lipinski definition) is 5. The first-order valence-corrected chi connectivity index (χ1v) is 12.3. The average Bonchev–Trinajstić information content (AvgIpc) is 3.37. The molecule has 3 aromatic carbocycles. The van der Waals surface area contributed by atoms with Gasteiger partial charge in [-0.2, -0.15) is 0 Å². The van der Waals surface area contributed by atoms with E-state index >= 15 is 0 Å². The lowest BCUT2D eigenvalue weighted by Crippen LogP contribution is -2.15. The SMILES string of the molecule is O=C(Nc1ccc(NC(=O)c2cccs2)cc1)c1ccc(S(=O)(=O)Nc2ccc(F)cc2)cc1. The molecule has 4 rings (SSSR count). The highest BCUT2D eigenvalue weighted by atomic mass is 32.2. The summed E-state index contributed by atoms with van der Waals surface area (Å²) in [7, 11) is -3.90. The highest BCUT2D eigenvalue weighted by Crippen LogP contribution is 2.19. The van der Waals surface area contributed by atoms with Gasteiger partial charge >= 0.3 is 0 Å². The molecule has 0 atom stereocenters. The molecule has 2 amide bonds. The molecule has 34 heavy (non-hydrogen) atoms. The van der Waals surface area contributed by atoms with Gasteiger partial charge in [-0.05, 0) is 84.2 Å². The van der Waals surface area contributed by atoms with Crippen molar-refractivity contribution in [1.29, 1.82) is 0 Å². The van der Waals surface area contributed by atoms with E-state index in [1.54, 1.807) is 36.4 Å². The largest absolute Gasteiger partial charge is 0.322 e. The van der Waals surface area contributed by atoms with Crippen LogP contribution in [-0.2, 0) is 10.0 Å². The quantitative estimate of drug-likeness (QED) is 0.328. The first-order chi connectivity index (χ1) is 16.3. The first-order valence-electron chi connectivity index (χ1n) is 9.95. The minimum absolute atomic E-state index is 0.0424. The summed E-state index contributed by atoms with van der Waals surface area (Å²) < 4.78 is 40.4. The third-order valence-corrected chi connectivity index (χ3v) is 6.93. The molecule has 0 saturated carbocycles. The van der Waals surface area contributed by atoms with Crippen molar-refractivity contribution in [2.45, 2.75) is 4.90 Å². The maximum Gasteiger partial charge on any atom is 0.265 e. The summed E-state index contributed by atoms with van der Waals surface area (Å²) in [6, 6.07) is 20.5. The fourth-order valence-electron chi connectivity index (χ4n) is 2.96. The van der Waals surface area contributed by atoms with Gasteiger partial charge in [-0.25, -0.2) is 12.8 Å². The molecule has 7 nitrogen and oxygen atoms in total. The zero-order valence-electron chi connectivity index (χ0n) is 17.5. The number of hydrogen-bond donors (Lipinski definition) is 3. The van der Waals surface area contributed by atoms with Crippen LogP contribution in [0.15, 0.2) is 95.2 Å². The molecule has 0 spiro atoms. The Labute approximate surface area is 199 Å². The highest BCUT2D eigenvalue weighted by Gasteiger charge is 2.16. The van der Waals surface area contributed by atoms with Crippen molar-refractivity contribution in [3.63, 3.8) is 0 Å². The summed E-state index contributed by atoms with van der Waals surface area (Å²) in [5, 5.41) is 7.31. The number of halogens is 1. The fraction of sp³-hybridized carbons (Fsp3) is 0. The van der Waals surface area contributed by atoms with Gasteiger partial charge in [-0.15, -0.1) is 11.3 Å². The van der Waals surface area contributed by atoms with Crippen molar-refractivity contribution in [2.75, 3.05) is 15.4 Å². The average molecular weight is 496 g/mol. The Hall–Kier alpha value is -4.02. The zero-order valence-corrected chi connectivity index (χ0v) is 19.1. The Balaban J connectivity index is 1.37. The second-order valence-corrected chi connectivity index (χ2v) is 9.73. The smallest absolute Gasteiger partial charge is 0.265 e. The van der Waals surface area contributed by atoms with Crippen molar-refractivity contribution in [2.24, 2.45) is 0 Å². The second kappa shape index (κ2) is 9.86. The van der Waals surface area contributed by atoms with Gasteiger partial charge in [0.2, 0.25) is 0 Å². The van der Waals surface area contributed by atoms with Crippen LogP contribution in [0.3, 0.4) is 0 Å². The molecule has 0 fully saturated rings. The molecule has 0 unspecified atom stereocenters. The summed E-state index contributed by atoms with van der Waals surface area (Å²) in [6.07, 6.45) is 0. The van der Waals surface area contributed by atoms with Crippen LogP contribution < -0.4 is 15.4 Å². The number of benzene rings is 3. The standard InChI is InChI=1S/C24H18FN3O4S2/c25-17-5-7-20(8-6-17)28-34(31,32)21-13-3-16(4-14-21)23(29)26-18-9-11-19(12-10-18)27-24(30)22-2-1-15-33-22/h1-15,28H,(H,26,29)(H,27,30). The molecule has 3 N–H and O–H groups in total. The van der Waals surface area contributed by atoms with E-state index in [-0.39, 0.29) is 22.1 Å². The molecule has 0 saturated heterocycles. The summed E-state index contributed by atoms with van der Waals surface area (Å²) >= 11 is 1.34. The molecule has 0 radical (unpaired) electrons. The minimum atomic E-state index is -3.90. The molecule has 4 aromatic rings. The van der Waals surface area contributed by atoms with Crippen molar-refractivity contribution in [1.82, 2.24) is 0 Å². The predicted molar refractivity (Wildman–Crippen MR) is 130 cm³/mol. The van der Waals surface area contributed by atoms with Crippen LogP contribution in [0, 0.1) is 5.82 Å². The topological polar surface area (TPSA) is 104 Å². The summed E-state index contributed by atoms with van der Waals surface area (Å²) in [4.78, 5) is 25.2. The maximum absolute atomic E-state index is 13.0. The second-order valence-electron chi connectivity index (χ2n) is 7.10.